The van der Waals surface area contributed by atoms with Crippen molar-refractivity contribution in [2.75, 3.05) is 14.2 Å². The quantitative estimate of drug-likeness (QED) is 0.0670. The van der Waals surface area contributed by atoms with Gasteiger partial charge < -0.3 is 9.47 Å². The average Bonchev–Trinajstić information content (AvgIpc) is 3.03. The largest absolute Gasteiger partial charge is 0.497 e. The van der Waals surface area contributed by atoms with Crippen LogP contribution in [0, 0.1) is 0 Å². The lowest BCUT2D eigenvalue weighted by molar-refractivity contribution is 0.414. The second kappa shape index (κ2) is 23.9. The van der Waals surface area contributed by atoms with Gasteiger partial charge in [-0.05, 0) is 85.3 Å². The SMILES string of the molecule is CCCCCCCCCCC/C(=N\N=C(/CCCCCCCCCCC)c1ccc(OC)cc1)c1ccc(OC)cc1. The molecule has 2 rings (SSSR count). The smallest absolute Gasteiger partial charge is 0.118 e. The summed E-state index contributed by atoms with van der Waals surface area (Å²) in [6.07, 6.45) is 25.6. The Morgan fingerprint density at radius 1 is 0.429 bits per heavy atom. The van der Waals surface area contributed by atoms with E-state index in [9.17, 15) is 0 Å². The van der Waals surface area contributed by atoms with Crippen LogP contribution in [0.2, 0.25) is 0 Å². The molecule has 0 amide bonds. The van der Waals surface area contributed by atoms with Gasteiger partial charge in [-0.15, -0.1) is 0 Å². The van der Waals surface area contributed by atoms with Gasteiger partial charge in [0, 0.05) is 0 Å². The van der Waals surface area contributed by atoms with Gasteiger partial charge in [0.1, 0.15) is 11.5 Å². The van der Waals surface area contributed by atoms with E-state index < -0.39 is 0 Å². The Labute approximate surface area is 258 Å². The number of ether oxygens (including phenoxy) is 2. The fourth-order valence-electron chi connectivity index (χ4n) is 5.40. The normalized spacial score (nSPS) is 12.1. The fourth-order valence-corrected chi connectivity index (χ4v) is 5.40. The number of hydrogen-bond acceptors (Lipinski definition) is 4. The van der Waals surface area contributed by atoms with Crippen LogP contribution in [-0.2, 0) is 0 Å². The molecule has 0 N–H and O–H groups in total. The van der Waals surface area contributed by atoms with Gasteiger partial charge in [0.25, 0.3) is 0 Å². The molecule has 0 saturated carbocycles. The molecule has 4 nitrogen and oxygen atoms in total. The van der Waals surface area contributed by atoms with Crippen molar-refractivity contribution < 1.29 is 9.47 Å². The molecule has 4 heteroatoms. The zero-order valence-corrected chi connectivity index (χ0v) is 27.5. The molecular formula is C38H60N2O2. The van der Waals surface area contributed by atoms with Crippen molar-refractivity contribution in [3.63, 3.8) is 0 Å². The third-order valence-corrected chi connectivity index (χ3v) is 8.17. The van der Waals surface area contributed by atoms with Crippen molar-refractivity contribution in [3.8, 4) is 11.5 Å². The van der Waals surface area contributed by atoms with E-state index in [1.807, 2.05) is 24.3 Å². The molecule has 0 heterocycles. The molecule has 0 aliphatic rings. The van der Waals surface area contributed by atoms with E-state index in [1.165, 1.54) is 103 Å². The van der Waals surface area contributed by atoms with Crippen LogP contribution in [0.15, 0.2) is 58.7 Å². The van der Waals surface area contributed by atoms with Crippen LogP contribution >= 0.6 is 0 Å². The summed E-state index contributed by atoms with van der Waals surface area (Å²) in [4.78, 5) is 0. The maximum Gasteiger partial charge on any atom is 0.118 e. The molecule has 0 aliphatic carbocycles. The lowest BCUT2D eigenvalue weighted by Gasteiger charge is -2.10. The van der Waals surface area contributed by atoms with Gasteiger partial charge in [0.05, 0.1) is 25.6 Å². The third-order valence-electron chi connectivity index (χ3n) is 8.17. The fraction of sp³-hybridized carbons (Fsp3) is 0.632. The second-order valence-electron chi connectivity index (χ2n) is 11.7. The van der Waals surface area contributed by atoms with Crippen LogP contribution in [-0.4, -0.2) is 25.6 Å². The van der Waals surface area contributed by atoms with Gasteiger partial charge in [0.2, 0.25) is 0 Å². The van der Waals surface area contributed by atoms with E-state index in [0.717, 1.165) is 59.7 Å². The number of benzene rings is 2. The van der Waals surface area contributed by atoms with Crippen LogP contribution in [0.3, 0.4) is 0 Å². The molecule has 2 aromatic carbocycles. The van der Waals surface area contributed by atoms with Crippen molar-refractivity contribution in [1.82, 2.24) is 0 Å². The van der Waals surface area contributed by atoms with Crippen molar-refractivity contribution in [2.24, 2.45) is 10.2 Å². The molecule has 0 unspecified atom stereocenters. The molecule has 2 aromatic rings. The third kappa shape index (κ3) is 15.6. The number of methoxy groups -OCH3 is 2. The predicted molar refractivity (Wildman–Crippen MR) is 183 cm³/mol. The Kier molecular flexibility index (Phi) is 20.2. The number of nitrogens with zero attached hydrogens (tertiary/aromatic N) is 2. The molecule has 0 aromatic heterocycles. The van der Waals surface area contributed by atoms with E-state index >= 15 is 0 Å². The van der Waals surface area contributed by atoms with Crippen LogP contribution in [0.4, 0.5) is 0 Å². The van der Waals surface area contributed by atoms with Crippen molar-refractivity contribution in [1.29, 1.82) is 0 Å². The summed E-state index contributed by atoms with van der Waals surface area (Å²) >= 11 is 0. The average molecular weight is 577 g/mol. The molecular weight excluding hydrogens is 516 g/mol. The lowest BCUT2D eigenvalue weighted by atomic mass is 10.0. The van der Waals surface area contributed by atoms with Crippen molar-refractivity contribution in [2.45, 2.75) is 142 Å². The van der Waals surface area contributed by atoms with E-state index in [1.54, 1.807) is 14.2 Å². The highest BCUT2D eigenvalue weighted by atomic mass is 16.5. The Bertz CT molecular complexity index is 898. The molecule has 234 valence electrons. The highest BCUT2D eigenvalue weighted by molar-refractivity contribution is 6.03. The zero-order chi connectivity index (χ0) is 30.1. The summed E-state index contributed by atoms with van der Waals surface area (Å²) in [5.41, 5.74) is 4.41. The van der Waals surface area contributed by atoms with E-state index in [0.29, 0.717) is 0 Å². The molecule has 0 atom stereocenters. The molecule has 42 heavy (non-hydrogen) atoms. The molecule has 0 spiro atoms. The van der Waals surface area contributed by atoms with Crippen LogP contribution in [0.5, 0.6) is 11.5 Å². The molecule has 0 saturated heterocycles. The maximum absolute atomic E-state index is 5.40. The van der Waals surface area contributed by atoms with Crippen molar-refractivity contribution in [3.05, 3.63) is 59.7 Å². The summed E-state index contributed by atoms with van der Waals surface area (Å²) in [6.45, 7) is 4.56. The molecule has 0 radical (unpaired) electrons. The summed E-state index contributed by atoms with van der Waals surface area (Å²) in [7, 11) is 3.42. The minimum atomic E-state index is 0.869. The number of hydrogen-bond donors (Lipinski definition) is 0. The minimum absolute atomic E-state index is 0.869. The minimum Gasteiger partial charge on any atom is -0.497 e. The van der Waals surface area contributed by atoms with E-state index in [4.69, 9.17) is 19.7 Å². The van der Waals surface area contributed by atoms with Gasteiger partial charge in [-0.25, -0.2) is 0 Å². The highest BCUT2D eigenvalue weighted by Crippen LogP contribution is 2.19. The maximum atomic E-state index is 5.40. The Morgan fingerprint density at radius 3 is 1.00 bits per heavy atom. The first kappa shape index (κ1) is 35.6. The first-order chi connectivity index (χ1) is 20.7. The first-order valence-corrected chi connectivity index (χ1v) is 17.1. The van der Waals surface area contributed by atoms with Gasteiger partial charge in [-0.3, -0.25) is 0 Å². The Balaban J connectivity index is 2.06. The predicted octanol–water partition coefficient (Wildman–Crippen LogP) is 11.7. The molecule has 0 bridgehead atoms. The van der Waals surface area contributed by atoms with E-state index in [-0.39, 0.29) is 0 Å². The van der Waals surface area contributed by atoms with E-state index in [2.05, 4.69) is 38.1 Å². The summed E-state index contributed by atoms with van der Waals surface area (Å²) in [5.74, 6) is 1.74. The van der Waals surface area contributed by atoms with Crippen LogP contribution < -0.4 is 9.47 Å². The summed E-state index contributed by atoms with van der Waals surface area (Å²) in [6, 6.07) is 16.6. The molecule has 0 fully saturated rings. The Morgan fingerprint density at radius 2 is 0.714 bits per heavy atom. The first-order valence-electron chi connectivity index (χ1n) is 17.1. The van der Waals surface area contributed by atoms with Gasteiger partial charge in [0.15, 0.2) is 0 Å². The lowest BCUT2D eigenvalue weighted by Crippen LogP contribution is -2.04. The topological polar surface area (TPSA) is 43.2 Å². The zero-order valence-electron chi connectivity index (χ0n) is 27.5. The van der Waals surface area contributed by atoms with Gasteiger partial charge >= 0.3 is 0 Å². The van der Waals surface area contributed by atoms with Gasteiger partial charge in [-0.1, -0.05) is 117 Å². The standard InChI is InChI=1S/C38H60N2O2/c1-5-7-9-11-13-15-17-19-21-23-37(33-25-29-35(41-3)30-26-33)39-40-38(34-27-31-36(42-4)32-28-34)24-22-20-18-16-14-12-10-8-6-2/h25-32H,5-24H2,1-4H3/b39-37+,40-38+. The second-order valence-corrected chi connectivity index (χ2v) is 11.7. The van der Waals surface area contributed by atoms with Crippen LogP contribution in [0.25, 0.3) is 0 Å². The number of rotatable bonds is 25. The highest BCUT2D eigenvalue weighted by Gasteiger charge is 2.08. The summed E-state index contributed by atoms with van der Waals surface area (Å²) < 4.78 is 10.8. The van der Waals surface area contributed by atoms with Gasteiger partial charge in [-0.2, -0.15) is 10.2 Å². The Hall–Kier alpha value is -2.62. The monoisotopic (exact) mass is 576 g/mol. The molecule has 0 aliphatic heterocycles. The summed E-state index contributed by atoms with van der Waals surface area (Å²) in [5, 5.41) is 9.85. The van der Waals surface area contributed by atoms with Crippen molar-refractivity contribution >= 4 is 11.4 Å². The number of unbranched alkanes of at least 4 members (excludes halogenated alkanes) is 16. The van der Waals surface area contributed by atoms with Crippen LogP contribution in [0.1, 0.15) is 153 Å².